The molecule has 0 spiro atoms. The minimum absolute atomic E-state index is 0.0194. The minimum Gasteiger partial charge on any atom is -0.337 e. The first kappa shape index (κ1) is 18.9. The molecule has 7 heteroatoms. The molecule has 1 aliphatic rings. The van der Waals surface area contributed by atoms with Crippen molar-refractivity contribution in [2.45, 2.75) is 44.8 Å². The number of aromatic nitrogens is 1. The monoisotopic (exact) mass is 370 g/mol. The number of unbranched alkanes of at least 4 members (excludes halogenated alkanes) is 1. The summed E-state index contributed by atoms with van der Waals surface area (Å²) in [5.41, 5.74) is -1.65. The summed E-state index contributed by atoms with van der Waals surface area (Å²) < 4.78 is 54.7. The van der Waals surface area contributed by atoms with Crippen molar-refractivity contribution < 1.29 is 17.6 Å². The summed E-state index contributed by atoms with van der Waals surface area (Å²) in [6.45, 7) is 3.11. The van der Waals surface area contributed by atoms with Crippen LogP contribution < -0.4 is 5.43 Å². The normalized spacial score (nSPS) is 16.3. The van der Waals surface area contributed by atoms with Crippen LogP contribution in [0.3, 0.4) is 0 Å². The van der Waals surface area contributed by atoms with E-state index in [1.54, 1.807) is 0 Å². The first-order valence-electron chi connectivity index (χ1n) is 8.99. The quantitative estimate of drug-likeness (QED) is 0.575. The van der Waals surface area contributed by atoms with E-state index in [0.717, 1.165) is 42.8 Å². The van der Waals surface area contributed by atoms with E-state index >= 15 is 0 Å². The van der Waals surface area contributed by atoms with E-state index in [9.17, 15) is 22.4 Å². The van der Waals surface area contributed by atoms with Crippen molar-refractivity contribution in [1.82, 2.24) is 9.47 Å². The lowest BCUT2D eigenvalue weighted by Gasteiger charge is -2.26. The van der Waals surface area contributed by atoms with Crippen LogP contribution in [0.4, 0.5) is 17.6 Å². The van der Waals surface area contributed by atoms with E-state index < -0.39 is 23.1 Å². The number of fused-ring (bicyclic) bond motifs is 1. The molecule has 1 aromatic carbocycles. The van der Waals surface area contributed by atoms with Crippen molar-refractivity contribution in [2.24, 2.45) is 0 Å². The van der Waals surface area contributed by atoms with Gasteiger partial charge in [-0.3, -0.25) is 4.79 Å². The number of piperidine rings is 1. The maximum absolute atomic E-state index is 13.4. The molecule has 0 radical (unpaired) electrons. The first-order valence-corrected chi connectivity index (χ1v) is 8.99. The van der Waals surface area contributed by atoms with E-state index in [1.165, 1.54) is 25.3 Å². The van der Waals surface area contributed by atoms with Crippen molar-refractivity contribution in [3.63, 3.8) is 0 Å². The number of halogens is 4. The van der Waals surface area contributed by atoms with Crippen LogP contribution in [0.2, 0.25) is 0 Å². The Kier molecular flexibility index (Phi) is 5.65. The number of nitrogens with zero attached hydrogens (tertiary/aromatic N) is 2. The summed E-state index contributed by atoms with van der Waals surface area (Å²) in [5.74, 6) is -0.633. The fourth-order valence-electron chi connectivity index (χ4n) is 3.61. The van der Waals surface area contributed by atoms with Gasteiger partial charge in [0.1, 0.15) is 11.5 Å². The maximum atomic E-state index is 13.4. The highest BCUT2D eigenvalue weighted by atomic mass is 19.4. The van der Waals surface area contributed by atoms with Crippen molar-refractivity contribution in [3.05, 3.63) is 46.0 Å². The Morgan fingerprint density at radius 1 is 0.962 bits per heavy atom. The van der Waals surface area contributed by atoms with Crippen LogP contribution >= 0.6 is 0 Å². The number of aryl methyl sites for hydroxylation is 1. The zero-order valence-electron chi connectivity index (χ0n) is 14.5. The predicted molar refractivity (Wildman–Crippen MR) is 92.7 cm³/mol. The molecule has 1 fully saturated rings. The third-order valence-corrected chi connectivity index (χ3v) is 4.92. The molecule has 2 heterocycles. The molecule has 1 aromatic heterocycles. The molecular formula is C19H22F4N2O. The third kappa shape index (κ3) is 4.26. The largest absolute Gasteiger partial charge is 0.431 e. The van der Waals surface area contributed by atoms with E-state index in [4.69, 9.17) is 0 Å². The van der Waals surface area contributed by atoms with Crippen LogP contribution in [0.15, 0.2) is 29.1 Å². The van der Waals surface area contributed by atoms with Crippen LogP contribution in [0.25, 0.3) is 10.9 Å². The Hall–Kier alpha value is -1.89. The fourth-order valence-corrected chi connectivity index (χ4v) is 3.61. The Balaban J connectivity index is 1.82. The van der Waals surface area contributed by atoms with E-state index in [1.807, 2.05) is 0 Å². The van der Waals surface area contributed by atoms with Gasteiger partial charge in [-0.2, -0.15) is 13.2 Å². The van der Waals surface area contributed by atoms with Gasteiger partial charge < -0.3 is 9.47 Å². The molecule has 3 nitrogen and oxygen atoms in total. The highest BCUT2D eigenvalue weighted by molar-refractivity contribution is 5.79. The van der Waals surface area contributed by atoms with Gasteiger partial charge in [-0.15, -0.1) is 0 Å². The molecule has 0 aliphatic carbocycles. The molecule has 0 saturated carbocycles. The first-order chi connectivity index (χ1) is 12.4. The minimum atomic E-state index is -4.63. The fraction of sp³-hybridized carbons (Fsp3) is 0.526. The van der Waals surface area contributed by atoms with E-state index in [2.05, 4.69) is 4.90 Å². The number of hydrogen-bond donors (Lipinski definition) is 0. The molecule has 0 atom stereocenters. The van der Waals surface area contributed by atoms with Gasteiger partial charge in [0, 0.05) is 18.0 Å². The zero-order chi connectivity index (χ0) is 18.7. The second-order valence-electron chi connectivity index (χ2n) is 6.81. The summed E-state index contributed by atoms with van der Waals surface area (Å²) in [6, 6.07) is 3.92. The van der Waals surface area contributed by atoms with E-state index in [-0.39, 0.29) is 17.4 Å². The van der Waals surface area contributed by atoms with Crippen molar-refractivity contribution in [1.29, 1.82) is 0 Å². The molecule has 0 amide bonds. The Bertz CT molecular complexity index is 823. The molecule has 0 bridgehead atoms. The molecular weight excluding hydrogens is 348 g/mol. The summed E-state index contributed by atoms with van der Waals surface area (Å²) >= 11 is 0. The molecule has 3 rings (SSSR count). The average Bonchev–Trinajstić information content (AvgIpc) is 2.60. The molecule has 0 unspecified atom stereocenters. The number of pyridine rings is 1. The Morgan fingerprint density at radius 2 is 1.65 bits per heavy atom. The molecule has 0 N–H and O–H groups in total. The topological polar surface area (TPSA) is 25.2 Å². The van der Waals surface area contributed by atoms with Gasteiger partial charge in [0.15, 0.2) is 5.43 Å². The van der Waals surface area contributed by atoms with Gasteiger partial charge >= 0.3 is 6.18 Å². The van der Waals surface area contributed by atoms with Gasteiger partial charge in [0.05, 0.1) is 5.52 Å². The maximum Gasteiger partial charge on any atom is 0.431 e. The van der Waals surface area contributed by atoms with Gasteiger partial charge in [0.25, 0.3) is 0 Å². The predicted octanol–water partition coefficient (Wildman–Crippen LogP) is 4.43. The second-order valence-corrected chi connectivity index (χ2v) is 6.81. The van der Waals surface area contributed by atoms with Crippen LogP contribution in [-0.2, 0) is 12.7 Å². The van der Waals surface area contributed by atoms with Gasteiger partial charge in [-0.05, 0) is 63.5 Å². The number of hydrogen-bond acceptors (Lipinski definition) is 2. The van der Waals surface area contributed by atoms with Gasteiger partial charge in [-0.1, -0.05) is 6.42 Å². The summed E-state index contributed by atoms with van der Waals surface area (Å²) in [5, 5.41) is -0.0194. The number of benzene rings is 1. The van der Waals surface area contributed by atoms with Crippen LogP contribution in [0.1, 0.15) is 37.8 Å². The van der Waals surface area contributed by atoms with Crippen LogP contribution in [-0.4, -0.2) is 29.1 Å². The van der Waals surface area contributed by atoms with Crippen molar-refractivity contribution in [3.8, 4) is 0 Å². The van der Waals surface area contributed by atoms with Crippen molar-refractivity contribution >= 4 is 10.9 Å². The average molecular weight is 370 g/mol. The lowest BCUT2D eigenvalue weighted by atomic mass is 10.1. The highest BCUT2D eigenvalue weighted by Crippen LogP contribution is 2.31. The number of rotatable bonds is 5. The Labute approximate surface area is 149 Å². The van der Waals surface area contributed by atoms with Crippen molar-refractivity contribution in [2.75, 3.05) is 19.6 Å². The molecule has 2 aromatic rings. The molecule has 26 heavy (non-hydrogen) atoms. The lowest BCUT2D eigenvalue weighted by molar-refractivity contribution is -0.143. The molecule has 1 saturated heterocycles. The van der Waals surface area contributed by atoms with E-state index in [0.29, 0.717) is 12.5 Å². The Morgan fingerprint density at radius 3 is 2.35 bits per heavy atom. The summed E-state index contributed by atoms with van der Waals surface area (Å²) in [6.07, 6.45) is 0.309. The second kappa shape index (κ2) is 7.78. The van der Waals surface area contributed by atoms with Crippen LogP contribution in [0.5, 0.6) is 0 Å². The van der Waals surface area contributed by atoms with Gasteiger partial charge in [-0.25, -0.2) is 4.39 Å². The summed E-state index contributed by atoms with van der Waals surface area (Å²) in [7, 11) is 0. The smallest absolute Gasteiger partial charge is 0.337 e. The van der Waals surface area contributed by atoms with Crippen LogP contribution in [0, 0.1) is 5.82 Å². The highest BCUT2D eigenvalue weighted by Gasteiger charge is 2.35. The molecule has 142 valence electrons. The SMILES string of the molecule is O=c1cc(C(F)(F)F)n(CCCCN2CCCCC2)c2ccc(F)cc12. The summed E-state index contributed by atoms with van der Waals surface area (Å²) in [4.78, 5) is 14.3. The third-order valence-electron chi connectivity index (χ3n) is 4.92. The molecule has 1 aliphatic heterocycles. The van der Waals surface area contributed by atoms with Gasteiger partial charge in [0.2, 0.25) is 0 Å². The lowest BCUT2D eigenvalue weighted by Crippen LogP contribution is -2.30. The standard InChI is InChI=1S/C19H22F4N2O/c20-14-6-7-16-15(12-14)17(26)13-18(19(21,22)23)25(16)11-5-4-10-24-8-2-1-3-9-24/h6-7,12-13H,1-5,8-11H2. The number of likely N-dealkylation sites (tertiary alicyclic amines) is 1. The zero-order valence-corrected chi connectivity index (χ0v) is 14.5. The number of alkyl halides is 3.